The second-order valence-electron chi connectivity index (χ2n) is 5.59. The number of carboxylic acids is 1. The van der Waals surface area contributed by atoms with Crippen LogP contribution < -0.4 is 0 Å². The summed E-state index contributed by atoms with van der Waals surface area (Å²) in [5.41, 5.74) is 1.65. The molecule has 1 aliphatic heterocycles. The Labute approximate surface area is 119 Å². The molecule has 1 fully saturated rings. The molecule has 4 nitrogen and oxygen atoms in total. The Kier molecular flexibility index (Phi) is 4.77. The fourth-order valence-corrected chi connectivity index (χ4v) is 2.62. The quantitative estimate of drug-likeness (QED) is 0.918. The second kappa shape index (κ2) is 6.55. The third-order valence-electron chi connectivity index (χ3n) is 3.77. The number of aliphatic carboxylic acids is 1. The SMILES string of the molecule is CC1CCCN(C(=O)c2ccc(CCC(=O)O)cc2)C1. The number of rotatable bonds is 4. The lowest BCUT2D eigenvalue weighted by Gasteiger charge is -2.31. The summed E-state index contributed by atoms with van der Waals surface area (Å²) in [4.78, 5) is 24.8. The van der Waals surface area contributed by atoms with Crippen molar-refractivity contribution < 1.29 is 14.7 Å². The van der Waals surface area contributed by atoms with Crippen LogP contribution in [0.3, 0.4) is 0 Å². The normalized spacial score (nSPS) is 18.9. The molecule has 1 atom stereocenters. The fourth-order valence-electron chi connectivity index (χ4n) is 2.62. The van der Waals surface area contributed by atoms with Gasteiger partial charge in [0, 0.05) is 25.1 Å². The molecule has 20 heavy (non-hydrogen) atoms. The van der Waals surface area contributed by atoms with Crippen molar-refractivity contribution in [1.82, 2.24) is 4.90 Å². The Hall–Kier alpha value is -1.84. The van der Waals surface area contributed by atoms with Gasteiger partial charge in [0.1, 0.15) is 0 Å². The molecule has 1 aromatic rings. The van der Waals surface area contributed by atoms with Crippen LogP contribution >= 0.6 is 0 Å². The number of aryl methyl sites for hydroxylation is 1. The molecule has 0 radical (unpaired) electrons. The van der Waals surface area contributed by atoms with Gasteiger partial charge in [0.05, 0.1) is 0 Å². The van der Waals surface area contributed by atoms with E-state index in [1.54, 1.807) is 12.1 Å². The van der Waals surface area contributed by atoms with E-state index >= 15 is 0 Å². The van der Waals surface area contributed by atoms with Gasteiger partial charge in [-0.05, 0) is 42.9 Å². The van der Waals surface area contributed by atoms with E-state index in [4.69, 9.17) is 5.11 Å². The van der Waals surface area contributed by atoms with Crippen LogP contribution in [0.5, 0.6) is 0 Å². The van der Waals surface area contributed by atoms with Crippen LogP contribution in [-0.4, -0.2) is 35.0 Å². The topological polar surface area (TPSA) is 57.6 Å². The molecule has 1 aromatic carbocycles. The summed E-state index contributed by atoms with van der Waals surface area (Å²) in [6, 6.07) is 7.31. The molecule has 1 heterocycles. The first-order valence-corrected chi connectivity index (χ1v) is 7.16. The highest BCUT2D eigenvalue weighted by molar-refractivity contribution is 5.94. The zero-order chi connectivity index (χ0) is 14.5. The third-order valence-corrected chi connectivity index (χ3v) is 3.77. The molecular weight excluding hydrogens is 254 g/mol. The van der Waals surface area contributed by atoms with Gasteiger partial charge < -0.3 is 10.0 Å². The first kappa shape index (κ1) is 14.6. The van der Waals surface area contributed by atoms with Gasteiger partial charge in [-0.1, -0.05) is 19.1 Å². The van der Waals surface area contributed by atoms with Crippen molar-refractivity contribution in [2.24, 2.45) is 5.92 Å². The van der Waals surface area contributed by atoms with Crippen LogP contribution in [0.25, 0.3) is 0 Å². The van der Waals surface area contributed by atoms with E-state index in [-0.39, 0.29) is 12.3 Å². The van der Waals surface area contributed by atoms with Gasteiger partial charge in [-0.2, -0.15) is 0 Å². The van der Waals surface area contributed by atoms with Crippen LogP contribution in [0, 0.1) is 5.92 Å². The maximum atomic E-state index is 12.4. The Morgan fingerprint density at radius 1 is 1.30 bits per heavy atom. The van der Waals surface area contributed by atoms with E-state index in [1.807, 2.05) is 17.0 Å². The van der Waals surface area contributed by atoms with E-state index in [2.05, 4.69) is 6.92 Å². The molecule has 1 amide bonds. The zero-order valence-electron chi connectivity index (χ0n) is 11.8. The Morgan fingerprint density at radius 2 is 2.00 bits per heavy atom. The van der Waals surface area contributed by atoms with Crippen LogP contribution in [0.2, 0.25) is 0 Å². The highest BCUT2D eigenvalue weighted by Gasteiger charge is 2.21. The zero-order valence-corrected chi connectivity index (χ0v) is 11.8. The number of hydrogen-bond donors (Lipinski definition) is 1. The van der Waals surface area contributed by atoms with E-state index in [1.165, 1.54) is 6.42 Å². The average molecular weight is 275 g/mol. The number of carbonyl (C=O) groups excluding carboxylic acids is 1. The van der Waals surface area contributed by atoms with E-state index in [0.717, 1.165) is 25.1 Å². The minimum absolute atomic E-state index is 0.0846. The molecular formula is C16H21NO3. The summed E-state index contributed by atoms with van der Waals surface area (Å²) in [7, 11) is 0. The summed E-state index contributed by atoms with van der Waals surface area (Å²) < 4.78 is 0. The minimum Gasteiger partial charge on any atom is -0.481 e. The lowest BCUT2D eigenvalue weighted by atomic mass is 9.99. The van der Waals surface area contributed by atoms with Gasteiger partial charge in [-0.3, -0.25) is 9.59 Å². The number of amides is 1. The number of nitrogens with zero attached hydrogens (tertiary/aromatic N) is 1. The molecule has 2 rings (SSSR count). The third kappa shape index (κ3) is 3.83. The standard InChI is InChI=1S/C16H21NO3/c1-12-3-2-10-17(11-12)16(20)14-7-4-13(5-8-14)6-9-15(18)19/h4-5,7-8,12H,2-3,6,9-11H2,1H3,(H,18,19). The van der Waals surface area contributed by atoms with E-state index in [0.29, 0.717) is 17.9 Å². The summed E-state index contributed by atoms with van der Waals surface area (Å²) in [5.74, 6) is -0.142. The lowest BCUT2D eigenvalue weighted by Crippen LogP contribution is -2.39. The Bertz CT molecular complexity index is 481. The van der Waals surface area contributed by atoms with Crippen LogP contribution in [0.4, 0.5) is 0 Å². The molecule has 0 aliphatic carbocycles. The largest absolute Gasteiger partial charge is 0.481 e. The van der Waals surface area contributed by atoms with Gasteiger partial charge in [0.2, 0.25) is 0 Å². The van der Waals surface area contributed by atoms with Crippen LogP contribution in [0.15, 0.2) is 24.3 Å². The van der Waals surface area contributed by atoms with Crippen molar-refractivity contribution in [3.05, 3.63) is 35.4 Å². The monoisotopic (exact) mass is 275 g/mol. The molecule has 0 saturated carbocycles. The highest BCUT2D eigenvalue weighted by atomic mass is 16.4. The molecule has 1 aliphatic rings. The number of carbonyl (C=O) groups is 2. The Balaban J connectivity index is 1.98. The highest BCUT2D eigenvalue weighted by Crippen LogP contribution is 2.18. The van der Waals surface area contributed by atoms with Crippen LogP contribution in [-0.2, 0) is 11.2 Å². The predicted octanol–water partition coefficient (Wildman–Crippen LogP) is 2.58. The molecule has 1 N–H and O–H groups in total. The molecule has 0 spiro atoms. The van der Waals surface area contributed by atoms with Gasteiger partial charge in [0.15, 0.2) is 0 Å². The Morgan fingerprint density at radius 3 is 2.60 bits per heavy atom. The lowest BCUT2D eigenvalue weighted by molar-refractivity contribution is -0.136. The first-order chi connectivity index (χ1) is 9.56. The predicted molar refractivity (Wildman–Crippen MR) is 76.7 cm³/mol. The number of likely N-dealkylation sites (tertiary alicyclic amines) is 1. The number of hydrogen-bond acceptors (Lipinski definition) is 2. The maximum Gasteiger partial charge on any atom is 0.303 e. The minimum atomic E-state index is -0.799. The van der Waals surface area contributed by atoms with Crippen molar-refractivity contribution in [2.45, 2.75) is 32.6 Å². The molecule has 1 saturated heterocycles. The summed E-state index contributed by atoms with van der Waals surface area (Å²) in [6.07, 6.45) is 2.89. The molecule has 108 valence electrons. The molecule has 4 heteroatoms. The van der Waals surface area contributed by atoms with Crippen molar-refractivity contribution >= 4 is 11.9 Å². The second-order valence-corrected chi connectivity index (χ2v) is 5.59. The van der Waals surface area contributed by atoms with Gasteiger partial charge in [-0.25, -0.2) is 0 Å². The molecule has 1 unspecified atom stereocenters. The summed E-state index contributed by atoms with van der Waals surface area (Å²) in [5, 5.41) is 8.65. The van der Waals surface area contributed by atoms with Gasteiger partial charge in [-0.15, -0.1) is 0 Å². The molecule has 0 aromatic heterocycles. The van der Waals surface area contributed by atoms with Crippen molar-refractivity contribution in [2.75, 3.05) is 13.1 Å². The fraction of sp³-hybridized carbons (Fsp3) is 0.500. The van der Waals surface area contributed by atoms with Crippen molar-refractivity contribution in [3.8, 4) is 0 Å². The van der Waals surface area contributed by atoms with Gasteiger partial charge >= 0.3 is 5.97 Å². The number of carboxylic acid groups (broad SMARTS) is 1. The van der Waals surface area contributed by atoms with Crippen molar-refractivity contribution in [3.63, 3.8) is 0 Å². The average Bonchev–Trinajstić information content (AvgIpc) is 2.45. The summed E-state index contributed by atoms with van der Waals surface area (Å²) >= 11 is 0. The smallest absolute Gasteiger partial charge is 0.303 e. The number of piperidine rings is 1. The van der Waals surface area contributed by atoms with E-state index < -0.39 is 5.97 Å². The molecule has 0 bridgehead atoms. The number of benzene rings is 1. The summed E-state index contributed by atoms with van der Waals surface area (Å²) in [6.45, 7) is 3.85. The van der Waals surface area contributed by atoms with Crippen LogP contribution in [0.1, 0.15) is 42.1 Å². The van der Waals surface area contributed by atoms with Gasteiger partial charge in [0.25, 0.3) is 5.91 Å². The maximum absolute atomic E-state index is 12.4. The van der Waals surface area contributed by atoms with Crippen molar-refractivity contribution in [1.29, 1.82) is 0 Å². The first-order valence-electron chi connectivity index (χ1n) is 7.16. The van der Waals surface area contributed by atoms with E-state index in [9.17, 15) is 9.59 Å².